The topological polar surface area (TPSA) is 0 Å². The molecule has 0 aliphatic heterocycles. The van der Waals surface area contributed by atoms with Crippen molar-refractivity contribution >= 4 is 40.0 Å². The second kappa shape index (κ2) is 2.94. The van der Waals surface area contributed by atoms with E-state index >= 15 is 0 Å². The Bertz CT molecular complexity index is 423. The first-order chi connectivity index (χ1) is 5.77. The van der Waals surface area contributed by atoms with Gasteiger partial charge in [-0.3, -0.25) is 0 Å². The third kappa shape index (κ3) is 1.27. The molecule has 0 aromatic heterocycles. The Morgan fingerprint density at radius 3 is 2.75 bits per heavy atom. The zero-order chi connectivity index (χ0) is 8.55. The van der Waals surface area contributed by atoms with Gasteiger partial charge in [-0.1, -0.05) is 45.7 Å². The van der Waals surface area contributed by atoms with Crippen LogP contribution in [0.3, 0.4) is 0 Å². The Labute approximate surface area is 81.1 Å². The van der Waals surface area contributed by atoms with Crippen molar-refractivity contribution in [2.75, 3.05) is 0 Å². The monoisotopic (exact) mass is 218 g/mol. The molecule has 0 fully saturated rings. The second-order valence-corrected chi connectivity index (χ2v) is 3.86. The Balaban J connectivity index is 2.86. The normalized spacial score (nSPS) is 10.4. The molecule has 2 heteroatoms. The lowest BCUT2D eigenvalue weighted by Gasteiger charge is -2.01. The van der Waals surface area contributed by atoms with Crippen molar-refractivity contribution < 1.29 is 0 Å². The van der Waals surface area contributed by atoms with Crippen LogP contribution in [0.25, 0.3) is 10.8 Å². The van der Waals surface area contributed by atoms with E-state index in [4.69, 9.17) is 0 Å². The Kier molecular flexibility index (Phi) is 1.93. The van der Waals surface area contributed by atoms with E-state index in [1.165, 1.54) is 16.2 Å². The Morgan fingerprint density at radius 2 is 1.92 bits per heavy atom. The smallest absolute Gasteiger partial charge is 0.0813 e. The van der Waals surface area contributed by atoms with Gasteiger partial charge in [-0.2, -0.15) is 0 Å². The van der Waals surface area contributed by atoms with E-state index in [9.17, 15) is 0 Å². The fraction of sp³-hybridized carbons (Fsp3) is 0. The quantitative estimate of drug-likeness (QED) is 0.593. The van der Waals surface area contributed by atoms with Gasteiger partial charge in [0.15, 0.2) is 0 Å². The number of benzene rings is 2. The average Bonchev–Trinajstić information content (AvgIpc) is 2.04. The first-order valence-electron chi connectivity index (χ1n) is 3.92. The molecule has 0 heterocycles. The highest BCUT2D eigenvalue weighted by atomic mass is 79.9. The van der Waals surface area contributed by atoms with Crippen LogP contribution in [0.2, 0.25) is 0 Å². The van der Waals surface area contributed by atoms with Gasteiger partial charge in [-0.25, -0.2) is 0 Å². The van der Waals surface area contributed by atoms with Crippen LogP contribution >= 0.6 is 15.9 Å². The zero-order valence-electron chi connectivity index (χ0n) is 6.84. The molecule has 0 unspecified atom stereocenters. The molecule has 0 nitrogen and oxygen atoms in total. The van der Waals surface area contributed by atoms with Crippen LogP contribution in [-0.2, 0) is 0 Å². The number of hydrogen-bond donors (Lipinski definition) is 0. The van der Waals surface area contributed by atoms with Crippen molar-refractivity contribution in [3.05, 3.63) is 40.9 Å². The van der Waals surface area contributed by atoms with Gasteiger partial charge in [0, 0.05) is 4.47 Å². The van der Waals surface area contributed by atoms with Gasteiger partial charge in [0.1, 0.15) is 7.85 Å². The molecule has 2 rings (SSSR count). The maximum Gasteiger partial charge on any atom is 0.140 e. The van der Waals surface area contributed by atoms with Crippen LogP contribution < -0.4 is 5.46 Å². The summed E-state index contributed by atoms with van der Waals surface area (Å²) in [4.78, 5) is 0. The maximum atomic E-state index is 3.46. The Hall–Kier alpha value is -0.755. The summed E-state index contributed by atoms with van der Waals surface area (Å²) < 4.78 is 1.14. The summed E-state index contributed by atoms with van der Waals surface area (Å²) in [6.07, 6.45) is 0. The first-order valence-corrected chi connectivity index (χ1v) is 4.71. The van der Waals surface area contributed by atoms with Crippen molar-refractivity contribution in [2.45, 2.75) is 0 Å². The third-order valence-corrected chi connectivity index (χ3v) is 2.55. The number of fused-ring (bicyclic) bond motifs is 1. The van der Waals surface area contributed by atoms with Crippen molar-refractivity contribution in [1.82, 2.24) is 0 Å². The van der Waals surface area contributed by atoms with Crippen LogP contribution in [0.1, 0.15) is 0 Å². The van der Waals surface area contributed by atoms with E-state index in [0.717, 1.165) is 4.47 Å². The highest BCUT2D eigenvalue weighted by molar-refractivity contribution is 9.10. The molecule has 12 heavy (non-hydrogen) atoms. The van der Waals surface area contributed by atoms with Crippen molar-refractivity contribution in [2.24, 2.45) is 0 Å². The average molecular weight is 219 g/mol. The van der Waals surface area contributed by atoms with E-state index in [0.29, 0.717) is 0 Å². The van der Waals surface area contributed by atoms with E-state index in [1.807, 2.05) is 0 Å². The lowest BCUT2D eigenvalue weighted by Crippen LogP contribution is -2.01. The standard InChI is InChI=1S/C10H8BBr/c11-10-3-1-2-7-6-8(12)4-5-9(7)10/h1-6H,11H2. The van der Waals surface area contributed by atoms with Crippen LogP contribution in [0.15, 0.2) is 40.9 Å². The number of halogens is 1. The van der Waals surface area contributed by atoms with Gasteiger partial charge in [-0.15, -0.1) is 0 Å². The second-order valence-electron chi connectivity index (χ2n) is 2.94. The third-order valence-electron chi connectivity index (χ3n) is 2.06. The molecule has 0 bridgehead atoms. The van der Waals surface area contributed by atoms with Crippen molar-refractivity contribution in [3.63, 3.8) is 0 Å². The zero-order valence-corrected chi connectivity index (χ0v) is 8.43. The molecule has 0 aliphatic rings. The fourth-order valence-electron chi connectivity index (χ4n) is 1.42. The van der Waals surface area contributed by atoms with Crippen LogP contribution in [0, 0.1) is 0 Å². The minimum absolute atomic E-state index is 1.14. The first kappa shape index (κ1) is 7.87. The van der Waals surface area contributed by atoms with Crippen molar-refractivity contribution in [1.29, 1.82) is 0 Å². The lowest BCUT2D eigenvalue weighted by molar-refractivity contribution is 1.72. The molecule has 0 N–H and O–H groups in total. The summed E-state index contributed by atoms with van der Waals surface area (Å²) in [7, 11) is 2.14. The molecular formula is C10H8BBr. The molecule has 2 aromatic rings. The number of rotatable bonds is 0. The molecule has 0 aliphatic carbocycles. The van der Waals surface area contributed by atoms with E-state index in [-0.39, 0.29) is 0 Å². The summed E-state index contributed by atoms with van der Waals surface area (Å²) in [6.45, 7) is 0. The molecule has 0 saturated heterocycles. The summed E-state index contributed by atoms with van der Waals surface area (Å²) in [5, 5.41) is 2.63. The van der Waals surface area contributed by atoms with Gasteiger partial charge in [0.2, 0.25) is 0 Å². The minimum atomic E-state index is 1.14. The van der Waals surface area contributed by atoms with E-state index in [1.54, 1.807) is 0 Å². The summed E-state index contributed by atoms with van der Waals surface area (Å²) in [5.41, 5.74) is 1.33. The minimum Gasteiger partial charge on any atom is -0.0813 e. The highest BCUT2D eigenvalue weighted by Crippen LogP contribution is 2.17. The fourth-order valence-corrected chi connectivity index (χ4v) is 1.80. The van der Waals surface area contributed by atoms with Crippen molar-refractivity contribution in [3.8, 4) is 0 Å². The highest BCUT2D eigenvalue weighted by Gasteiger charge is 1.95. The molecule has 0 amide bonds. The molecule has 0 saturated carbocycles. The molecule has 0 spiro atoms. The van der Waals surface area contributed by atoms with E-state index < -0.39 is 0 Å². The van der Waals surface area contributed by atoms with Gasteiger partial charge >= 0.3 is 0 Å². The lowest BCUT2D eigenvalue weighted by atomic mass is 9.90. The van der Waals surface area contributed by atoms with E-state index in [2.05, 4.69) is 60.2 Å². The van der Waals surface area contributed by atoms with Crippen LogP contribution in [0.5, 0.6) is 0 Å². The summed E-state index contributed by atoms with van der Waals surface area (Å²) in [5.74, 6) is 0. The van der Waals surface area contributed by atoms with Crippen LogP contribution in [-0.4, -0.2) is 7.85 Å². The predicted molar refractivity (Wildman–Crippen MR) is 59.8 cm³/mol. The SMILES string of the molecule is Bc1cccc2cc(Br)ccc12. The molecule has 0 radical (unpaired) electrons. The molecule has 58 valence electrons. The van der Waals surface area contributed by atoms with Gasteiger partial charge in [0.05, 0.1) is 0 Å². The predicted octanol–water partition coefficient (Wildman–Crippen LogP) is 1.86. The Morgan fingerprint density at radius 1 is 1.08 bits per heavy atom. The number of hydrogen-bond acceptors (Lipinski definition) is 0. The summed E-state index contributed by atoms with van der Waals surface area (Å²) in [6, 6.07) is 12.7. The molecule has 2 aromatic carbocycles. The van der Waals surface area contributed by atoms with Crippen LogP contribution in [0.4, 0.5) is 0 Å². The van der Waals surface area contributed by atoms with Gasteiger partial charge in [-0.05, 0) is 22.9 Å². The van der Waals surface area contributed by atoms with Gasteiger partial charge < -0.3 is 0 Å². The summed E-state index contributed by atoms with van der Waals surface area (Å²) >= 11 is 3.46. The molecule has 0 atom stereocenters. The molecular weight excluding hydrogens is 211 g/mol. The maximum absolute atomic E-state index is 3.46. The van der Waals surface area contributed by atoms with Gasteiger partial charge in [0.25, 0.3) is 0 Å². The largest absolute Gasteiger partial charge is 0.140 e.